The van der Waals surface area contributed by atoms with Crippen LogP contribution in [0.1, 0.15) is 12.0 Å². The largest absolute Gasteiger partial charge is 0.481 e. The van der Waals surface area contributed by atoms with Gasteiger partial charge in [-0.1, -0.05) is 29.3 Å². The number of carboxylic acid groups (broad SMARTS) is 2. The van der Waals surface area contributed by atoms with Crippen LogP contribution in [-0.2, 0) is 25.7 Å². The van der Waals surface area contributed by atoms with Crippen molar-refractivity contribution >= 4 is 41.0 Å². The number of halogens is 2. The fraction of sp³-hybridized carbons (Fsp3) is 0.471. The molecule has 3 rings (SSSR count). The van der Waals surface area contributed by atoms with Crippen LogP contribution in [0, 0.1) is 23.7 Å². The summed E-state index contributed by atoms with van der Waals surface area (Å²) in [5.74, 6) is -4.28. The number of amides is 1. The number of carboxylic acids is 2. The lowest BCUT2D eigenvalue weighted by atomic mass is 9.97. The summed E-state index contributed by atoms with van der Waals surface area (Å²) in [7, 11) is 0. The van der Waals surface area contributed by atoms with E-state index in [0.29, 0.717) is 16.5 Å². The number of rotatable bonds is 6. The van der Waals surface area contributed by atoms with Crippen LogP contribution in [0.25, 0.3) is 0 Å². The third kappa shape index (κ3) is 5.10. The Balaban J connectivity index is 0.000000465. The third-order valence-electron chi connectivity index (χ3n) is 4.72. The number of carbonyl (C=O) groups is 3. The molecule has 10 heteroatoms. The van der Waals surface area contributed by atoms with E-state index in [1.165, 1.54) is 0 Å². The molecule has 0 saturated heterocycles. The van der Waals surface area contributed by atoms with Gasteiger partial charge >= 0.3 is 11.9 Å². The van der Waals surface area contributed by atoms with Crippen LogP contribution in [0.4, 0.5) is 0 Å². The van der Waals surface area contributed by atoms with Crippen molar-refractivity contribution in [3.63, 3.8) is 0 Å². The monoisotopic (exact) mass is 419 g/mol. The number of aliphatic hydroxyl groups excluding tert-OH is 1. The highest BCUT2D eigenvalue weighted by molar-refractivity contribution is 6.42. The van der Waals surface area contributed by atoms with E-state index in [9.17, 15) is 19.5 Å². The first-order valence-electron chi connectivity index (χ1n) is 8.07. The lowest BCUT2D eigenvalue weighted by Gasteiger charge is -2.21. The molecule has 1 aromatic rings. The van der Waals surface area contributed by atoms with Gasteiger partial charge in [-0.3, -0.25) is 14.4 Å². The van der Waals surface area contributed by atoms with Gasteiger partial charge in [0.2, 0.25) is 5.91 Å². The zero-order chi connectivity index (χ0) is 20.3. The van der Waals surface area contributed by atoms with Crippen molar-refractivity contribution in [2.75, 3.05) is 6.61 Å². The van der Waals surface area contributed by atoms with Crippen molar-refractivity contribution in [1.29, 1.82) is 0 Å². The van der Waals surface area contributed by atoms with Crippen molar-refractivity contribution in [3.05, 3.63) is 33.8 Å². The number of nitrogens with two attached hydrogens (primary N) is 1. The number of fused-ring (bicyclic) bond motifs is 1. The summed E-state index contributed by atoms with van der Waals surface area (Å²) in [6.45, 7) is -0.331. The van der Waals surface area contributed by atoms with Crippen LogP contribution in [0.3, 0.4) is 0 Å². The molecule has 8 nitrogen and oxygen atoms in total. The van der Waals surface area contributed by atoms with E-state index < -0.39 is 42.4 Å². The van der Waals surface area contributed by atoms with Gasteiger partial charge in [-0.25, -0.2) is 0 Å². The number of ether oxygens (including phenoxy) is 1. The Morgan fingerprint density at radius 1 is 1.11 bits per heavy atom. The standard InChI is InChI=1S/C15H14Cl2O5.C2H5NO2/c16-8-2-1-6(3-9(8)17)5-22-10-4-7-11(12(7)14(18)19)13(10)15(20)21;3-2(5)1-4/h1-3,7,10-13H,4-5H2,(H,18,19)(H,20,21);4H,1H2,(H2,3,5)/t7-,10?,11+,12?,13-;/m1./s1. The predicted molar refractivity (Wildman–Crippen MR) is 95.2 cm³/mol. The zero-order valence-corrected chi connectivity index (χ0v) is 15.6. The van der Waals surface area contributed by atoms with Gasteiger partial charge in [-0.05, 0) is 36.0 Å². The lowest BCUT2D eigenvalue weighted by molar-refractivity contribution is -0.149. The number of aliphatic carboxylic acids is 2. The first-order chi connectivity index (χ1) is 12.7. The Bertz CT molecular complexity index is 742. The molecule has 2 aliphatic carbocycles. The second-order valence-electron chi connectivity index (χ2n) is 6.43. The lowest BCUT2D eigenvalue weighted by Crippen LogP contribution is -2.31. The summed E-state index contributed by atoms with van der Waals surface area (Å²) in [6.07, 6.45) is 0.0115. The fourth-order valence-corrected chi connectivity index (χ4v) is 3.85. The van der Waals surface area contributed by atoms with Gasteiger partial charge < -0.3 is 25.8 Å². The molecule has 27 heavy (non-hydrogen) atoms. The summed E-state index contributed by atoms with van der Waals surface area (Å²) < 4.78 is 5.71. The molecule has 0 aromatic heterocycles. The topological polar surface area (TPSA) is 147 Å². The van der Waals surface area contributed by atoms with Gasteiger partial charge in [0.05, 0.1) is 34.6 Å². The normalized spacial score (nSPS) is 27.9. The van der Waals surface area contributed by atoms with E-state index in [0.717, 1.165) is 5.56 Å². The van der Waals surface area contributed by atoms with Crippen molar-refractivity contribution in [2.45, 2.75) is 19.1 Å². The SMILES string of the molecule is NC(=O)CO.O=C(O)C1[C@H]2[C@H](C(=O)O)C(OCc3ccc(Cl)c(Cl)c3)C[C@@H]12. The summed E-state index contributed by atoms with van der Waals surface area (Å²) in [6, 6.07) is 5.10. The van der Waals surface area contributed by atoms with Crippen molar-refractivity contribution in [3.8, 4) is 0 Å². The summed E-state index contributed by atoms with van der Waals surface area (Å²) in [5, 5.41) is 26.9. The zero-order valence-electron chi connectivity index (χ0n) is 14.0. The highest BCUT2D eigenvalue weighted by Gasteiger charge is 2.67. The number of aliphatic hydroxyl groups is 1. The average molecular weight is 420 g/mol. The summed E-state index contributed by atoms with van der Waals surface area (Å²) >= 11 is 11.8. The van der Waals surface area contributed by atoms with Crippen molar-refractivity contribution in [1.82, 2.24) is 0 Å². The van der Waals surface area contributed by atoms with E-state index in [-0.39, 0.29) is 18.4 Å². The minimum atomic E-state index is -0.990. The van der Waals surface area contributed by atoms with Crippen LogP contribution >= 0.6 is 23.2 Å². The number of hydrogen-bond acceptors (Lipinski definition) is 5. The molecule has 0 aliphatic heterocycles. The van der Waals surface area contributed by atoms with Crippen LogP contribution in [0.2, 0.25) is 10.0 Å². The smallest absolute Gasteiger partial charge is 0.309 e. The van der Waals surface area contributed by atoms with Crippen LogP contribution in [0.15, 0.2) is 18.2 Å². The molecule has 5 atom stereocenters. The quantitative estimate of drug-likeness (QED) is 0.544. The maximum absolute atomic E-state index is 11.4. The van der Waals surface area contributed by atoms with Crippen LogP contribution < -0.4 is 5.73 Å². The Hall–Kier alpha value is -1.87. The molecule has 5 N–H and O–H groups in total. The second kappa shape index (κ2) is 8.88. The van der Waals surface area contributed by atoms with Gasteiger partial charge in [-0.2, -0.15) is 0 Å². The number of carbonyl (C=O) groups excluding carboxylic acids is 1. The van der Waals surface area contributed by atoms with Gasteiger partial charge in [0.25, 0.3) is 0 Å². The molecule has 1 amide bonds. The molecular formula is C17H19Cl2NO7. The van der Waals surface area contributed by atoms with Gasteiger partial charge in [0.1, 0.15) is 6.61 Å². The number of benzene rings is 1. The van der Waals surface area contributed by atoms with Crippen molar-refractivity contribution < 1.29 is 34.4 Å². The first-order valence-corrected chi connectivity index (χ1v) is 8.83. The Morgan fingerprint density at radius 2 is 1.70 bits per heavy atom. The molecule has 2 unspecified atom stereocenters. The second-order valence-corrected chi connectivity index (χ2v) is 7.24. The molecule has 2 saturated carbocycles. The van der Waals surface area contributed by atoms with Crippen molar-refractivity contribution in [2.24, 2.45) is 29.4 Å². The minimum Gasteiger partial charge on any atom is -0.481 e. The van der Waals surface area contributed by atoms with E-state index in [2.05, 4.69) is 5.73 Å². The van der Waals surface area contributed by atoms with E-state index in [4.69, 9.17) is 38.2 Å². The first kappa shape index (κ1) is 21.4. The summed E-state index contributed by atoms with van der Waals surface area (Å²) in [5.41, 5.74) is 5.20. The van der Waals surface area contributed by atoms with Gasteiger partial charge in [-0.15, -0.1) is 0 Å². The van der Waals surface area contributed by atoms with E-state index in [1.807, 2.05) is 0 Å². The highest BCUT2D eigenvalue weighted by Crippen LogP contribution is 2.61. The van der Waals surface area contributed by atoms with E-state index >= 15 is 0 Å². The molecule has 2 fully saturated rings. The summed E-state index contributed by atoms with van der Waals surface area (Å²) in [4.78, 5) is 31.8. The van der Waals surface area contributed by atoms with E-state index in [1.54, 1.807) is 18.2 Å². The number of hydrogen-bond donors (Lipinski definition) is 4. The average Bonchev–Trinajstić information content (AvgIpc) is 3.17. The fourth-order valence-electron chi connectivity index (χ4n) is 3.53. The Kier molecular flexibility index (Phi) is 7.05. The molecule has 0 bridgehead atoms. The van der Waals surface area contributed by atoms with Gasteiger partial charge in [0, 0.05) is 0 Å². The third-order valence-corrected chi connectivity index (χ3v) is 5.46. The molecule has 148 valence electrons. The molecule has 0 spiro atoms. The highest BCUT2D eigenvalue weighted by atomic mass is 35.5. The Morgan fingerprint density at radius 3 is 2.19 bits per heavy atom. The molecular weight excluding hydrogens is 401 g/mol. The minimum absolute atomic E-state index is 0.0857. The van der Waals surface area contributed by atoms with Gasteiger partial charge in [0.15, 0.2) is 0 Å². The molecule has 2 aliphatic rings. The maximum atomic E-state index is 11.4. The van der Waals surface area contributed by atoms with Crippen LogP contribution in [-0.4, -0.2) is 45.9 Å². The molecule has 1 aromatic carbocycles. The number of primary amides is 1. The molecule has 0 radical (unpaired) electrons. The molecule has 0 heterocycles. The predicted octanol–water partition coefficient (Wildman–Crippen LogP) is 1.39. The van der Waals surface area contributed by atoms with Crippen LogP contribution in [0.5, 0.6) is 0 Å². The Labute approximate surface area is 164 Å². The maximum Gasteiger partial charge on any atom is 0.309 e.